The van der Waals surface area contributed by atoms with Crippen LogP contribution in [0.2, 0.25) is 0 Å². The highest BCUT2D eigenvalue weighted by atomic mass is 127. The van der Waals surface area contributed by atoms with Crippen LogP contribution < -0.4 is 5.32 Å². The van der Waals surface area contributed by atoms with Crippen molar-refractivity contribution in [2.45, 2.75) is 80.9 Å². The molecule has 2 aromatic rings. The number of carbonyl (C=O) groups excluding carboxylic acids is 3. The molecule has 2 aromatic carbocycles. The van der Waals surface area contributed by atoms with Gasteiger partial charge in [-0.15, -0.1) is 0 Å². The number of amides is 2. The standard InChI is InChI=1S/C32H34IN3O8/c33-21-9-7-18(8-10-21)17-36-26-29(39)41-23-16-32(26,30(40)35-12-3-6-22(35)28(38)34-11-13-37)27(44-36)25-24(23)42-31(43-25)14-19-4-1-2-5-20(19)15-31/h1-2,4-5,7-10,22-27,37H,3,6,11-17H2,(H,34,38)/t22-,23-,24+,25+,26+,27-,32+/m1/s1. The number of hydrogen-bond acceptors (Lipinski definition) is 9. The maximum atomic E-state index is 14.9. The molecular weight excluding hydrogens is 681 g/mol. The number of esters is 1. The number of aliphatic hydroxyl groups is 1. The molecule has 6 aliphatic rings. The molecule has 0 radical (unpaired) electrons. The number of halogens is 1. The van der Waals surface area contributed by atoms with Crippen LogP contribution in [0.3, 0.4) is 0 Å². The molecule has 2 N–H and O–H groups in total. The van der Waals surface area contributed by atoms with E-state index < -0.39 is 53.7 Å². The van der Waals surface area contributed by atoms with E-state index in [0.717, 1.165) is 20.3 Å². The van der Waals surface area contributed by atoms with Gasteiger partial charge in [-0.1, -0.05) is 36.4 Å². The Hall–Kier alpha value is -2.62. The predicted molar refractivity (Wildman–Crippen MR) is 161 cm³/mol. The quantitative estimate of drug-likeness (QED) is 0.338. The molecule has 8 rings (SSSR count). The van der Waals surface area contributed by atoms with Gasteiger partial charge in [-0.05, 0) is 64.3 Å². The second kappa shape index (κ2) is 10.7. The minimum Gasteiger partial charge on any atom is -0.458 e. The normalized spacial score (nSPS) is 34.6. The summed E-state index contributed by atoms with van der Waals surface area (Å²) in [4.78, 5) is 50.3. The third kappa shape index (κ3) is 4.36. The number of ether oxygens (including phenoxy) is 3. The fourth-order valence-corrected chi connectivity index (χ4v) is 8.72. The summed E-state index contributed by atoms with van der Waals surface area (Å²) in [5.41, 5.74) is 1.89. The van der Waals surface area contributed by atoms with Crippen LogP contribution in [0.5, 0.6) is 0 Å². The molecule has 44 heavy (non-hydrogen) atoms. The van der Waals surface area contributed by atoms with Crippen molar-refractivity contribution in [1.82, 2.24) is 15.3 Å². The maximum Gasteiger partial charge on any atom is 0.327 e. The highest BCUT2D eigenvalue weighted by Gasteiger charge is 2.77. The van der Waals surface area contributed by atoms with Crippen molar-refractivity contribution < 1.29 is 38.5 Å². The number of nitrogens with zero attached hydrogens (tertiary/aromatic N) is 2. The van der Waals surface area contributed by atoms with Gasteiger partial charge in [0.15, 0.2) is 11.8 Å². The Morgan fingerprint density at radius 2 is 1.77 bits per heavy atom. The van der Waals surface area contributed by atoms with E-state index in [1.165, 1.54) is 0 Å². The topological polar surface area (TPSA) is 127 Å². The van der Waals surface area contributed by atoms with Crippen molar-refractivity contribution in [2.75, 3.05) is 19.7 Å². The fourth-order valence-electron chi connectivity index (χ4n) is 8.36. The largest absolute Gasteiger partial charge is 0.458 e. The third-order valence-electron chi connectivity index (χ3n) is 10.2. The molecule has 11 nitrogen and oxygen atoms in total. The summed E-state index contributed by atoms with van der Waals surface area (Å²) in [5.74, 6) is -2.06. The molecule has 1 spiro atoms. The molecule has 2 amide bonds. The summed E-state index contributed by atoms with van der Waals surface area (Å²) >= 11 is 2.24. The average molecular weight is 716 g/mol. The van der Waals surface area contributed by atoms with E-state index in [9.17, 15) is 19.5 Å². The molecule has 0 aromatic heterocycles. The highest BCUT2D eigenvalue weighted by Crippen LogP contribution is 2.59. The second-order valence-corrected chi connectivity index (χ2v) is 14.0. The molecular formula is C32H34IN3O8. The van der Waals surface area contributed by atoms with E-state index in [2.05, 4.69) is 40.0 Å². The van der Waals surface area contributed by atoms with Crippen LogP contribution in [0.15, 0.2) is 48.5 Å². The first-order chi connectivity index (χ1) is 21.3. The summed E-state index contributed by atoms with van der Waals surface area (Å²) in [5, 5.41) is 13.6. The first-order valence-corrected chi connectivity index (χ1v) is 16.4. The van der Waals surface area contributed by atoms with Gasteiger partial charge in [-0.25, -0.2) is 0 Å². The average Bonchev–Trinajstić information content (AvgIpc) is 3.80. The molecule has 2 bridgehead atoms. The van der Waals surface area contributed by atoms with Gasteiger partial charge < -0.3 is 29.5 Å². The number of fused-ring (bicyclic) bond motifs is 5. The highest BCUT2D eigenvalue weighted by molar-refractivity contribution is 14.1. The van der Waals surface area contributed by atoms with Gasteiger partial charge in [0.05, 0.1) is 13.2 Å². The molecule has 7 atom stereocenters. The lowest BCUT2D eigenvalue weighted by molar-refractivity contribution is -0.218. The third-order valence-corrected chi connectivity index (χ3v) is 10.9. The van der Waals surface area contributed by atoms with Crippen LogP contribution in [0.25, 0.3) is 0 Å². The number of carbonyl (C=O) groups is 3. The van der Waals surface area contributed by atoms with Gasteiger partial charge in [-0.3, -0.25) is 19.2 Å². The number of hydrogen-bond donors (Lipinski definition) is 2. The Morgan fingerprint density at radius 1 is 1.05 bits per heavy atom. The van der Waals surface area contributed by atoms with Gasteiger partial charge in [-0.2, -0.15) is 5.06 Å². The second-order valence-electron chi connectivity index (χ2n) is 12.7. The van der Waals surface area contributed by atoms with Crippen molar-refractivity contribution in [3.05, 3.63) is 68.8 Å². The van der Waals surface area contributed by atoms with Crippen LogP contribution in [-0.2, 0) is 52.8 Å². The van der Waals surface area contributed by atoms with Crippen LogP contribution in [-0.4, -0.2) is 94.8 Å². The lowest BCUT2D eigenvalue weighted by Gasteiger charge is -2.50. The molecule has 5 fully saturated rings. The summed E-state index contributed by atoms with van der Waals surface area (Å²) in [6.45, 7) is 0.566. The number of likely N-dealkylation sites (tertiary alicyclic amines) is 1. The Bertz CT molecular complexity index is 1480. The first-order valence-electron chi connectivity index (χ1n) is 15.3. The maximum absolute atomic E-state index is 14.9. The van der Waals surface area contributed by atoms with Crippen molar-refractivity contribution in [3.8, 4) is 0 Å². The van der Waals surface area contributed by atoms with E-state index in [1.807, 2.05) is 36.4 Å². The molecule has 2 aliphatic carbocycles. The Balaban J connectivity index is 1.17. The first kappa shape index (κ1) is 28.8. The number of aliphatic hydroxyl groups excluding tert-OH is 1. The fraction of sp³-hybridized carbons (Fsp3) is 0.531. The smallest absolute Gasteiger partial charge is 0.327 e. The van der Waals surface area contributed by atoms with Crippen molar-refractivity contribution in [1.29, 1.82) is 0 Å². The van der Waals surface area contributed by atoms with Crippen LogP contribution in [0.1, 0.15) is 36.0 Å². The molecule has 4 heterocycles. The summed E-state index contributed by atoms with van der Waals surface area (Å²) in [6.07, 6.45) is -0.287. The Kier molecular flexibility index (Phi) is 7.03. The van der Waals surface area contributed by atoms with Gasteiger partial charge in [0.2, 0.25) is 11.8 Å². The summed E-state index contributed by atoms with van der Waals surface area (Å²) in [7, 11) is 0. The van der Waals surface area contributed by atoms with Crippen molar-refractivity contribution >= 4 is 40.4 Å². The van der Waals surface area contributed by atoms with Crippen molar-refractivity contribution in [3.63, 3.8) is 0 Å². The van der Waals surface area contributed by atoms with Gasteiger partial charge in [0, 0.05) is 35.9 Å². The molecule has 0 unspecified atom stereocenters. The lowest BCUT2D eigenvalue weighted by atomic mass is 9.62. The zero-order valence-electron chi connectivity index (χ0n) is 24.0. The molecule has 1 saturated carbocycles. The van der Waals surface area contributed by atoms with E-state index in [0.29, 0.717) is 32.2 Å². The van der Waals surface area contributed by atoms with E-state index >= 15 is 0 Å². The van der Waals surface area contributed by atoms with Gasteiger partial charge >= 0.3 is 5.97 Å². The number of nitrogens with one attached hydrogen (secondary N) is 1. The van der Waals surface area contributed by atoms with Gasteiger partial charge in [0.25, 0.3) is 0 Å². The van der Waals surface area contributed by atoms with Crippen molar-refractivity contribution in [2.24, 2.45) is 5.41 Å². The van der Waals surface area contributed by atoms with Crippen LogP contribution >= 0.6 is 22.6 Å². The van der Waals surface area contributed by atoms with E-state index in [-0.39, 0.29) is 37.9 Å². The number of rotatable bonds is 6. The molecule has 4 aliphatic heterocycles. The lowest BCUT2D eigenvalue weighted by Crippen LogP contribution is -2.70. The van der Waals surface area contributed by atoms with Crippen LogP contribution in [0.4, 0.5) is 0 Å². The molecule has 12 heteroatoms. The number of hydroxylamine groups is 2. The zero-order chi connectivity index (χ0) is 30.2. The zero-order valence-corrected chi connectivity index (χ0v) is 26.2. The number of benzene rings is 2. The van der Waals surface area contributed by atoms with Crippen LogP contribution in [0, 0.1) is 8.99 Å². The monoisotopic (exact) mass is 715 g/mol. The van der Waals surface area contributed by atoms with E-state index in [4.69, 9.17) is 19.0 Å². The Morgan fingerprint density at radius 3 is 2.50 bits per heavy atom. The summed E-state index contributed by atoms with van der Waals surface area (Å²) in [6, 6.07) is 14.4. The molecule has 232 valence electrons. The minimum absolute atomic E-state index is 0.106. The molecule has 4 saturated heterocycles. The Labute approximate surface area is 268 Å². The predicted octanol–water partition coefficient (Wildman–Crippen LogP) is 1.47. The minimum atomic E-state index is -1.33. The summed E-state index contributed by atoms with van der Waals surface area (Å²) < 4.78 is 20.7. The van der Waals surface area contributed by atoms with E-state index in [1.54, 1.807) is 9.96 Å². The SMILES string of the molecule is O=C(NCCO)[C@H]1CCCN1C(=O)[C@@]12C[C@H]3OC(=O)[C@@H]1N(Cc1ccc(I)cc1)O[C@@H]2[C@H]1OC2(Cc4ccccc4C2)O[C@H]13. The van der Waals surface area contributed by atoms with Gasteiger partial charge in [0.1, 0.15) is 35.9 Å².